The molecule has 2 heterocycles. The van der Waals surface area contributed by atoms with Crippen molar-refractivity contribution in [3.8, 4) is 0 Å². The number of piperazine rings is 1. The van der Waals surface area contributed by atoms with Crippen molar-refractivity contribution in [3.05, 3.63) is 11.1 Å². The van der Waals surface area contributed by atoms with Crippen molar-refractivity contribution in [2.75, 3.05) is 31.1 Å². The largest absolute Gasteiger partial charge is 0.346 e. The molecule has 0 amide bonds. The summed E-state index contributed by atoms with van der Waals surface area (Å²) in [5.41, 5.74) is 1.93. The summed E-state index contributed by atoms with van der Waals surface area (Å²) in [6, 6.07) is 0. The van der Waals surface area contributed by atoms with Gasteiger partial charge >= 0.3 is 0 Å². The van der Waals surface area contributed by atoms with E-state index in [9.17, 15) is 0 Å². The number of hydrogen-bond acceptors (Lipinski definition) is 4. The lowest BCUT2D eigenvalue weighted by atomic mass is 9.49. The highest BCUT2D eigenvalue weighted by molar-refractivity contribution is 7.13. The standard InChI is InChI=1S/C17H25N3S/c1-3-20(4-2-18-1)16-19-15(11-21-16)17-8-12-5-13(9-17)7-14(6-12)10-17/h11-14,18H,1-10H2. The average Bonchev–Trinajstić information content (AvgIpc) is 2.97. The SMILES string of the molecule is c1sc(N2CCNCC2)nc1C12CC3CC(CC(C3)C1)C2. The molecule has 1 aliphatic heterocycles. The van der Waals surface area contributed by atoms with Gasteiger partial charge in [0, 0.05) is 37.0 Å². The van der Waals surface area contributed by atoms with Crippen LogP contribution >= 0.6 is 11.3 Å². The Balaban J connectivity index is 1.44. The molecular weight excluding hydrogens is 278 g/mol. The van der Waals surface area contributed by atoms with Gasteiger partial charge in [-0.2, -0.15) is 0 Å². The fourth-order valence-corrected chi connectivity index (χ4v) is 6.94. The summed E-state index contributed by atoms with van der Waals surface area (Å²) in [7, 11) is 0. The zero-order chi connectivity index (χ0) is 13.9. The molecule has 114 valence electrons. The third-order valence-electron chi connectivity index (χ3n) is 6.46. The van der Waals surface area contributed by atoms with E-state index in [1.54, 1.807) is 0 Å². The quantitative estimate of drug-likeness (QED) is 0.910. The summed E-state index contributed by atoms with van der Waals surface area (Å²) in [6.07, 6.45) is 8.87. The topological polar surface area (TPSA) is 28.2 Å². The highest BCUT2D eigenvalue weighted by Crippen LogP contribution is 2.60. The summed E-state index contributed by atoms with van der Waals surface area (Å²) < 4.78 is 0. The summed E-state index contributed by atoms with van der Waals surface area (Å²) in [6.45, 7) is 4.44. The van der Waals surface area contributed by atoms with Gasteiger partial charge in [-0.1, -0.05) is 0 Å². The van der Waals surface area contributed by atoms with Crippen molar-refractivity contribution in [3.63, 3.8) is 0 Å². The Bertz CT molecular complexity index is 497. The molecule has 4 aliphatic carbocycles. The third kappa shape index (κ3) is 2.06. The zero-order valence-corrected chi connectivity index (χ0v) is 13.5. The van der Waals surface area contributed by atoms with Crippen molar-refractivity contribution in [2.45, 2.75) is 43.9 Å². The molecule has 5 fully saturated rings. The van der Waals surface area contributed by atoms with Gasteiger partial charge in [0.25, 0.3) is 0 Å². The fourth-order valence-electron chi connectivity index (χ4n) is 5.93. The van der Waals surface area contributed by atoms with Gasteiger partial charge in [-0.15, -0.1) is 11.3 Å². The first-order chi connectivity index (χ1) is 10.3. The second-order valence-electron chi connectivity index (χ2n) is 7.95. The van der Waals surface area contributed by atoms with E-state index >= 15 is 0 Å². The normalized spacial score (nSPS) is 41.7. The van der Waals surface area contributed by atoms with Gasteiger partial charge in [0.1, 0.15) is 0 Å². The number of anilines is 1. The van der Waals surface area contributed by atoms with Crippen LogP contribution in [0.3, 0.4) is 0 Å². The lowest BCUT2D eigenvalue weighted by Gasteiger charge is -2.56. The Kier molecular flexibility index (Phi) is 2.88. The van der Waals surface area contributed by atoms with Gasteiger partial charge in [0.2, 0.25) is 0 Å². The van der Waals surface area contributed by atoms with E-state index in [1.807, 2.05) is 11.3 Å². The van der Waals surface area contributed by atoms with Gasteiger partial charge in [-0.3, -0.25) is 0 Å². The van der Waals surface area contributed by atoms with Gasteiger partial charge in [-0.05, 0) is 56.3 Å². The molecule has 4 saturated carbocycles. The maximum Gasteiger partial charge on any atom is 0.185 e. The minimum absolute atomic E-state index is 0.470. The molecule has 1 N–H and O–H groups in total. The molecule has 4 bridgehead atoms. The van der Waals surface area contributed by atoms with E-state index < -0.39 is 0 Å². The summed E-state index contributed by atoms with van der Waals surface area (Å²) >= 11 is 1.89. The molecule has 0 unspecified atom stereocenters. The maximum absolute atomic E-state index is 5.14. The van der Waals surface area contributed by atoms with Crippen molar-refractivity contribution < 1.29 is 0 Å². The van der Waals surface area contributed by atoms with Crippen LogP contribution in [0.15, 0.2) is 5.38 Å². The maximum atomic E-state index is 5.14. The van der Waals surface area contributed by atoms with Crippen molar-refractivity contribution in [2.24, 2.45) is 17.8 Å². The van der Waals surface area contributed by atoms with Crippen LogP contribution in [0.4, 0.5) is 5.13 Å². The number of nitrogens with one attached hydrogen (secondary N) is 1. The zero-order valence-electron chi connectivity index (χ0n) is 12.7. The van der Waals surface area contributed by atoms with Crippen LogP contribution in [0.2, 0.25) is 0 Å². The number of rotatable bonds is 2. The number of aromatic nitrogens is 1. The van der Waals surface area contributed by atoms with Crippen molar-refractivity contribution in [1.82, 2.24) is 10.3 Å². The van der Waals surface area contributed by atoms with Gasteiger partial charge in [-0.25, -0.2) is 4.98 Å². The van der Waals surface area contributed by atoms with Crippen LogP contribution in [0.25, 0.3) is 0 Å². The van der Waals surface area contributed by atoms with Crippen LogP contribution in [0.1, 0.15) is 44.2 Å². The molecule has 6 rings (SSSR count). The van der Waals surface area contributed by atoms with E-state index in [0.717, 1.165) is 43.9 Å². The predicted molar refractivity (Wildman–Crippen MR) is 87.0 cm³/mol. The van der Waals surface area contributed by atoms with E-state index in [0.29, 0.717) is 5.41 Å². The molecule has 0 aromatic carbocycles. The smallest absolute Gasteiger partial charge is 0.185 e. The summed E-state index contributed by atoms with van der Waals surface area (Å²) in [4.78, 5) is 7.62. The molecule has 0 spiro atoms. The van der Waals surface area contributed by atoms with E-state index in [-0.39, 0.29) is 0 Å². The second-order valence-corrected chi connectivity index (χ2v) is 8.79. The Morgan fingerprint density at radius 1 is 1.05 bits per heavy atom. The van der Waals surface area contributed by atoms with Gasteiger partial charge in [0.15, 0.2) is 5.13 Å². The first-order valence-corrected chi connectivity index (χ1v) is 9.60. The number of nitrogens with zero attached hydrogens (tertiary/aromatic N) is 2. The van der Waals surface area contributed by atoms with Gasteiger partial charge < -0.3 is 10.2 Å². The lowest BCUT2D eigenvalue weighted by Crippen LogP contribution is -2.48. The fraction of sp³-hybridized carbons (Fsp3) is 0.824. The predicted octanol–water partition coefficient (Wildman–Crippen LogP) is 3.02. The van der Waals surface area contributed by atoms with E-state index in [4.69, 9.17) is 4.98 Å². The Labute approximate surface area is 131 Å². The highest BCUT2D eigenvalue weighted by atomic mass is 32.1. The Morgan fingerprint density at radius 2 is 1.67 bits per heavy atom. The lowest BCUT2D eigenvalue weighted by molar-refractivity contribution is -0.00689. The summed E-state index contributed by atoms with van der Waals surface area (Å²) in [5, 5.41) is 7.12. The molecule has 0 atom stereocenters. The average molecular weight is 303 g/mol. The van der Waals surface area contributed by atoms with E-state index in [1.165, 1.54) is 49.4 Å². The summed E-state index contributed by atoms with van der Waals surface area (Å²) in [5.74, 6) is 3.04. The first kappa shape index (κ1) is 12.9. The molecule has 5 aliphatic rings. The van der Waals surface area contributed by atoms with Crippen LogP contribution in [0.5, 0.6) is 0 Å². The number of thiazole rings is 1. The molecule has 1 saturated heterocycles. The molecule has 4 heteroatoms. The van der Waals surface area contributed by atoms with E-state index in [2.05, 4.69) is 15.6 Å². The Hall–Kier alpha value is -0.610. The van der Waals surface area contributed by atoms with Crippen LogP contribution < -0.4 is 10.2 Å². The minimum atomic E-state index is 0.470. The van der Waals surface area contributed by atoms with Crippen molar-refractivity contribution in [1.29, 1.82) is 0 Å². The van der Waals surface area contributed by atoms with Crippen LogP contribution in [-0.2, 0) is 5.41 Å². The minimum Gasteiger partial charge on any atom is -0.346 e. The molecule has 3 nitrogen and oxygen atoms in total. The third-order valence-corrected chi connectivity index (χ3v) is 7.36. The Morgan fingerprint density at radius 3 is 2.29 bits per heavy atom. The monoisotopic (exact) mass is 303 g/mol. The van der Waals surface area contributed by atoms with Crippen molar-refractivity contribution >= 4 is 16.5 Å². The van der Waals surface area contributed by atoms with Gasteiger partial charge in [0.05, 0.1) is 5.69 Å². The van der Waals surface area contributed by atoms with Crippen LogP contribution in [-0.4, -0.2) is 31.2 Å². The highest BCUT2D eigenvalue weighted by Gasteiger charge is 2.52. The first-order valence-electron chi connectivity index (χ1n) is 8.72. The van der Waals surface area contributed by atoms with Crippen LogP contribution in [0, 0.1) is 17.8 Å². The molecule has 0 radical (unpaired) electrons. The molecule has 1 aromatic rings. The number of hydrogen-bond donors (Lipinski definition) is 1. The molecule has 1 aromatic heterocycles. The second kappa shape index (κ2) is 4.69. The molecular formula is C17H25N3S. The molecule has 21 heavy (non-hydrogen) atoms.